The number of nitrogens with one attached hydrogen (secondary N) is 1. The van der Waals surface area contributed by atoms with Gasteiger partial charge in [0.2, 0.25) is 10.0 Å². The zero-order valence-electron chi connectivity index (χ0n) is 18.8. The van der Waals surface area contributed by atoms with Gasteiger partial charge in [-0.3, -0.25) is 4.79 Å². The van der Waals surface area contributed by atoms with E-state index in [-0.39, 0.29) is 49.6 Å². The number of carbonyl (C=O) groups is 2. The van der Waals surface area contributed by atoms with E-state index in [0.717, 1.165) is 25.7 Å². The number of ether oxygens (including phenoxy) is 2. The monoisotopic (exact) mass is 467 g/mol. The van der Waals surface area contributed by atoms with Gasteiger partial charge in [0.15, 0.2) is 6.10 Å². The van der Waals surface area contributed by atoms with Gasteiger partial charge in [-0.1, -0.05) is 19.3 Å². The average Bonchev–Trinajstić information content (AvgIpc) is 2.80. The molecule has 0 spiro atoms. The molecule has 1 saturated heterocycles. The minimum absolute atomic E-state index is 0.147. The molecule has 1 aliphatic carbocycles. The van der Waals surface area contributed by atoms with Crippen LogP contribution in [-0.4, -0.2) is 74.6 Å². The molecule has 3 rings (SSSR count). The highest BCUT2D eigenvalue weighted by Gasteiger charge is 2.30. The third-order valence-electron chi connectivity index (χ3n) is 5.86. The molecule has 1 atom stereocenters. The topological polar surface area (TPSA) is 105 Å². The standard InChI is InChI=1S/C22H33N3O6S/c1-3-30-22(27)24-13-15-25(16-14-24)32(28,29)20-11-9-19(10-12-20)31-17(2)21(26)23-18-7-5-4-6-8-18/h9-12,17-18H,3-8,13-16H2,1-2H3,(H,23,26)/t17-/m0/s1. The van der Waals surface area contributed by atoms with Gasteiger partial charge >= 0.3 is 6.09 Å². The van der Waals surface area contributed by atoms with E-state index in [1.165, 1.54) is 27.8 Å². The van der Waals surface area contributed by atoms with Crippen molar-refractivity contribution in [2.45, 2.75) is 63.0 Å². The van der Waals surface area contributed by atoms with E-state index in [0.29, 0.717) is 5.75 Å². The maximum Gasteiger partial charge on any atom is 0.409 e. The van der Waals surface area contributed by atoms with Crippen LogP contribution >= 0.6 is 0 Å². The number of rotatable bonds is 7. The normalized spacial score (nSPS) is 19.2. The third-order valence-corrected chi connectivity index (χ3v) is 7.77. The summed E-state index contributed by atoms with van der Waals surface area (Å²) in [6.07, 6.45) is 4.39. The van der Waals surface area contributed by atoms with Gasteiger partial charge in [-0.15, -0.1) is 0 Å². The highest BCUT2D eigenvalue weighted by Crippen LogP contribution is 2.22. The lowest BCUT2D eigenvalue weighted by Gasteiger charge is -2.33. The van der Waals surface area contributed by atoms with Crippen LogP contribution in [0, 0.1) is 0 Å². The molecule has 1 aliphatic heterocycles. The highest BCUT2D eigenvalue weighted by atomic mass is 32.2. The van der Waals surface area contributed by atoms with Gasteiger partial charge in [0.1, 0.15) is 5.75 Å². The third kappa shape index (κ3) is 6.13. The Kier molecular flexibility index (Phi) is 8.36. The smallest absolute Gasteiger partial charge is 0.409 e. The zero-order chi connectivity index (χ0) is 23.1. The molecule has 2 amide bonds. The Morgan fingerprint density at radius 2 is 1.69 bits per heavy atom. The number of benzene rings is 1. The van der Waals surface area contributed by atoms with Gasteiger partial charge in [-0.2, -0.15) is 4.31 Å². The summed E-state index contributed by atoms with van der Waals surface area (Å²) in [5.74, 6) is 0.274. The van der Waals surface area contributed by atoms with Crippen LogP contribution in [-0.2, 0) is 19.6 Å². The second-order valence-corrected chi connectivity index (χ2v) is 10.1. The summed E-state index contributed by atoms with van der Waals surface area (Å²) in [6.45, 7) is 4.68. The maximum atomic E-state index is 12.9. The van der Waals surface area contributed by atoms with Gasteiger partial charge in [-0.25, -0.2) is 13.2 Å². The fourth-order valence-corrected chi connectivity index (χ4v) is 5.41. The molecule has 0 radical (unpaired) electrons. The van der Waals surface area contributed by atoms with Crippen molar-refractivity contribution < 1.29 is 27.5 Å². The number of hydrogen-bond acceptors (Lipinski definition) is 6. The summed E-state index contributed by atoms with van der Waals surface area (Å²) in [4.78, 5) is 25.8. The first kappa shape index (κ1) is 24.3. The molecule has 9 nitrogen and oxygen atoms in total. The van der Waals surface area contributed by atoms with Crippen LogP contribution in [0.15, 0.2) is 29.2 Å². The van der Waals surface area contributed by atoms with Crippen molar-refractivity contribution in [1.29, 1.82) is 0 Å². The number of sulfonamides is 1. The molecule has 1 saturated carbocycles. The number of piperazine rings is 1. The predicted molar refractivity (Wildman–Crippen MR) is 119 cm³/mol. The Hall–Kier alpha value is -2.33. The number of carbonyl (C=O) groups excluding carboxylic acids is 2. The number of nitrogens with zero attached hydrogens (tertiary/aromatic N) is 2. The molecule has 1 aromatic rings. The fourth-order valence-electron chi connectivity index (χ4n) is 3.99. The lowest BCUT2D eigenvalue weighted by molar-refractivity contribution is -0.128. The highest BCUT2D eigenvalue weighted by molar-refractivity contribution is 7.89. The van der Waals surface area contributed by atoms with Crippen LogP contribution in [0.1, 0.15) is 46.0 Å². The zero-order valence-corrected chi connectivity index (χ0v) is 19.6. The number of hydrogen-bond donors (Lipinski definition) is 1. The summed E-state index contributed by atoms with van der Waals surface area (Å²) in [5.41, 5.74) is 0. The van der Waals surface area contributed by atoms with Crippen molar-refractivity contribution in [3.8, 4) is 5.75 Å². The lowest BCUT2D eigenvalue weighted by atomic mass is 9.95. The van der Waals surface area contributed by atoms with Gasteiger partial charge in [0.25, 0.3) is 5.91 Å². The Labute approximate surface area is 190 Å². The minimum Gasteiger partial charge on any atom is -0.481 e. The second-order valence-electron chi connectivity index (χ2n) is 8.17. The van der Waals surface area contributed by atoms with Crippen molar-refractivity contribution in [2.24, 2.45) is 0 Å². The Morgan fingerprint density at radius 3 is 2.28 bits per heavy atom. The second kappa shape index (κ2) is 11.0. The van der Waals surface area contributed by atoms with E-state index in [2.05, 4.69) is 5.32 Å². The van der Waals surface area contributed by atoms with E-state index >= 15 is 0 Å². The molecule has 32 heavy (non-hydrogen) atoms. The van der Waals surface area contributed by atoms with Crippen molar-refractivity contribution >= 4 is 22.0 Å². The molecular weight excluding hydrogens is 434 g/mol. The first-order valence-corrected chi connectivity index (χ1v) is 12.7. The van der Waals surface area contributed by atoms with Crippen LogP contribution in [0.5, 0.6) is 5.75 Å². The molecule has 0 unspecified atom stereocenters. The van der Waals surface area contributed by atoms with E-state index in [4.69, 9.17) is 9.47 Å². The van der Waals surface area contributed by atoms with Gasteiger partial charge in [0, 0.05) is 32.2 Å². The lowest BCUT2D eigenvalue weighted by Crippen LogP contribution is -2.50. The summed E-state index contributed by atoms with van der Waals surface area (Å²) >= 11 is 0. The van der Waals surface area contributed by atoms with Crippen LogP contribution in [0.25, 0.3) is 0 Å². The summed E-state index contributed by atoms with van der Waals surface area (Å²) in [6, 6.07) is 6.29. The fraction of sp³-hybridized carbons (Fsp3) is 0.636. The molecule has 178 valence electrons. The molecule has 10 heteroatoms. The molecule has 0 bridgehead atoms. The Bertz CT molecular complexity index is 875. The molecule has 1 N–H and O–H groups in total. The van der Waals surface area contributed by atoms with Crippen LogP contribution < -0.4 is 10.1 Å². The van der Waals surface area contributed by atoms with E-state index in [1.807, 2.05) is 0 Å². The van der Waals surface area contributed by atoms with Crippen molar-refractivity contribution in [3.63, 3.8) is 0 Å². The van der Waals surface area contributed by atoms with Crippen molar-refractivity contribution in [1.82, 2.24) is 14.5 Å². The van der Waals surface area contributed by atoms with E-state index in [9.17, 15) is 18.0 Å². The van der Waals surface area contributed by atoms with E-state index < -0.39 is 22.2 Å². The van der Waals surface area contributed by atoms with Crippen molar-refractivity contribution in [3.05, 3.63) is 24.3 Å². The molecule has 2 fully saturated rings. The average molecular weight is 468 g/mol. The molecule has 1 aromatic carbocycles. The van der Waals surface area contributed by atoms with Gasteiger partial charge in [-0.05, 0) is 51.0 Å². The molecule has 1 heterocycles. The summed E-state index contributed by atoms with van der Waals surface area (Å²) in [5, 5.41) is 3.03. The predicted octanol–water partition coefficient (Wildman–Crippen LogP) is 2.37. The van der Waals surface area contributed by atoms with Crippen molar-refractivity contribution in [2.75, 3.05) is 32.8 Å². The molecule has 0 aromatic heterocycles. The Balaban J connectivity index is 1.54. The quantitative estimate of drug-likeness (QED) is 0.660. The van der Waals surface area contributed by atoms with Gasteiger partial charge < -0.3 is 19.7 Å². The van der Waals surface area contributed by atoms with Crippen LogP contribution in [0.3, 0.4) is 0 Å². The molecular formula is C22H33N3O6S. The summed E-state index contributed by atoms with van der Waals surface area (Å²) in [7, 11) is -3.68. The minimum atomic E-state index is -3.68. The molecule has 2 aliphatic rings. The van der Waals surface area contributed by atoms with E-state index in [1.54, 1.807) is 26.0 Å². The maximum absolute atomic E-state index is 12.9. The SMILES string of the molecule is CCOC(=O)N1CCN(S(=O)(=O)c2ccc(O[C@@H](C)C(=O)NC3CCCCC3)cc2)CC1. The summed E-state index contributed by atoms with van der Waals surface area (Å²) < 4.78 is 37.9. The Morgan fingerprint density at radius 1 is 1.06 bits per heavy atom. The van der Waals surface area contributed by atoms with Gasteiger partial charge in [0.05, 0.1) is 11.5 Å². The largest absolute Gasteiger partial charge is 0.481 e. The first-order valence-electron chi connectivity index (χ1n) is 11.3. The van der Waals surface area contributed by atoms with Crippen LogP contribution in [0.2, 0.25) is 0 Å². The van der Waals surface area contributed by atoms with Crippen LogP contribution in [0.4, 0.5) is 4.79 Å². The number of amides is 2. The first-order chi connectivity index (χ1) is 15.3.